The summed E-state index contributed by atoms with van der Waals surface area (Å²) >= 11 is 0. The zero-order chi connectivity index (χ0) is 11.4. The van der Waals surface area contributed by atoms with E-state index in [4.69, 9.17) is 15.2 Å². The first-order chi connectivity index (χ1) is 7.75. The highest BCUT2D eigenvalue weighted by Crippen LogP contribution is 2.07. The van der Waals surface area contributed by atoms with Crippen molar-refractivity contribution in [3.63, 3.8) is 0 Å². The maximum atomic E-state index is 11.4. The van der Waals surface area contributed by atoms with Gasteiger partial charge in [0.25, 0.3) is 5.56 Å². The van der Waals surface area contributed by atoms with E-state index in [0.717, 1.165) is 13.0 Å². The Balaban J connectivity index is 1.84. The van der Waals surface area contributed by atoms with E-state index >= 15 is 0 Å². The number of hydrogen-bond donors (Lipinski definition) is 1. The first kappa shape index (κ1) is 11.2. The van der Waals surface area contributed by atoms with Crippen molar-refractivity contribution >= 4 is 5.69 Å². The van der Waals surface area contributed by atoms with E-state index in [9.17, 15) is 4.79 Å². The summed E-state index contributed by atoms with van der Waals surface area (Å²) in [6.45, 7) is 2.46. The summed E-state index contributed by atoms with van der Waals surface area (Å²) < 4.78 is 12.3. The van der Waals surface area contributed by atoms with E-state index in [-0.39, 0.29) is 11.7 Å². The number of nitrogen functional groups attached to an aromatic ring is 1. The van der Waals surface area contributed by atoms with E-state index in [1.807, 2.05) is 0 Å². The lowest BCUT2D eigenvalue weighted by molar-refractivity contribution is 0.0380. The van der Waals surface area contributed by atoms with Crippen molar-refractivity contribution in [1.29, 1.82) is 0 Å². The Morgan fingerprint density at radius 1 is 1.56 bits per heavy atom. The van der Waals surface area contributed by atoms with E-state index < -0.39 is 0 Å². The fourth-order valence-electron chi connectivity index (χ4n) is 1.69. The number of aromatic nitrogens is 1. The largest absolute Gasteiger partial charge is 0.398 e. The molecule has 5 nitrogen and oxygen atoms in total. The summed E-state index contributed by atoms with van der Waals surface area (Å²) in [5.41, 5.74) is 6.13. The van der Waals surface area contributed by atoms with Crippen LogP contribution in [0.3, 0.4) is 0 Å². The molecule has 2 heterocycles. The minimum absolute atomic E-state index is 0.0551. The van der Waals surface area contributed by atoms with Gasteiger partial charge in [-0.1, -0.05) is 0 Å². The predicted molar refractivity (Wildman–Crippen MR) is 60.3 cm³/mol. The van der Waals surface area contributed by atoms with Crippen molar-refractivity contribution in [2.45, 2.75) is 19.1 Å². The molecule has 0 spiro atoms. The van der Waals surface area contributed by atoms with Crippen LogP contribution in [0.1, 0.15) is 6.42 Å². The lowest BCUT2D eigenvalue weighted by Gasteiger charge is -2.11. The standard InChI is InChI=1S/C11H16N2O3/c12-9-1-2-11(14)13(7-9)4-6-16-10-3-5-15-8-10/h1-2,7,10H,3-6,8,12H2. The molecule has 0 aliphatic carbocycles. The van der Waals surface area contributed by atoms with E-state index in [0.29, 0.717) is 25.4 Å². The first-order valence-electron chi connectivity index (χ1n) is 5.41. The summed E-state index contributed by atoms with van der Waals surface area (Å²) in [5, 5.41) is 0. The molecule has 1 aliphatic rings. The molecule has 1 aliphatic heterocycles. The van der Waals surface area contributed by atoms with E-state index in [1.54, 1.807) is 16.8 Å². The Bertz CT molecular complexity index is 396. The van der Waals surface area contributed by atoms with Gasteiger partial charge in [-0.2, -0.15) is 0 Å². The zero-order valence-corrected chi connectivity index (χ0v) is 9.09. The van der Waals surface area contributed by atoms with Crippen molar-refractivity contribution in [3.05, 3.63) is 28.7 Å². The maximum Gasteiger partial charge on any atom is 0.250 e. The van der Waals surface area contributed by atoms with Gasteiger partial charge >= 0.3 is 0 Å². The number of nitrogens with two attached hydrogens (primary N) is 1. The molecular weight excluding hydrogens is 208 g/mol. The fourth-order valence-corrected chi connectivity index (χ4v) is 1.69. The number of pyridine rings is 1. The third-order valence-electron chi connectivity index (χ3n) is 2.58. The van der Waals surface area contributed by atoms with Gasteiger partial charge in [-0.3, -0.25) is 4.79 Å². The third-order valence-corrected chi connectivity index (χ3v) is 2.58. The average Bonchev–Trinajstić information content (AvgIpc) is 2.76. The van der Waals surface area contributed by atoms with Crippen LogP contribution in [0.2, 0.25) is 0 Å². The van der Waals surface area contributed by atoms with Gasteiger partial charge in [0, 0.05) is 31.1 Å². The van der Waals surface area contributed by atoms with Crippen LogP contribution in [0.5, 0.6) is 0 Å². The van der Waals surface area contributed by atoms with Crippen LogP contribution in [-0.4, -0.2) is 30.5 Å². The molecule has 0 saturated carbocycles. The van der Waals surface area contributed by atoms with Crippen LogP contribution in [0.15, 0.2) is 23.1 Å². The van der Waals surface area contributed by atoms with E-state index in [2.05, 4.69) is 0 Å². The SMILES string of the molecule is Nc1ccc(=O)n(CCOC2CCOC2)c1. The second-order valence-corrected chi connectivity index (χ2v) is 3.85. The predicted octanol–water partition coefficient (Wildman–Crippen LogP) is 0.236. The van der Waals surface area contributed by atoms with Crippen molar-refractivity contribution < 1.29 is 9.47 Å². The molecule has 1 unspecified atom stereocenters. The highest BCUT2D eigenvalue weighted by molar-refractivity contribution is 5.33. The van der Waals surface area contributed by atoms with Gasteiger partial charge in [-0.15, -0.1) is 0 Å². The summed E-state index contributed by atoms with van der Waals surface area (Å²) in [6.07, 6.45) is 2.75. The molecule has 88 valence electrons. The molecule has 2 N–H and O–H groups in total. The zero-order valence-electron chi connectivity index (χ0n) is 9.09. The maximum absolute atomic E-state index is 11.4. The molecule has 1 aromatic rings. The third kappa shape index (κ3) is 2.84. The van der Waals surface area contributed by atoms with Crippen LogP contribution < -0.4 is 11.3 Å². The Kier molecular flexibility index (Phi) is 3.58. The van der Waals surface area contributed by atoms with Crippen LogP contribution in [-0.2, 0) is 16.0 Å². The van der Waals surface area contributed by atoms with Gasteiger partial charge in [0.05, 0.1) is 19.3 Å². The van der Waals surface area contributed by atoms with Gasteiger partial charge in [-0.05, 0) is 12.5 Å². The van der Waals surface area contributed by atoms with Gasteiger partial charge in [0.15, 0.2) is 0 Å². The summed E-state index contributed by atoms with van der Waals surface area (Å²) in [5.74, 6) is 0. The van der Waals surface area contributed by atoms with Crippen LogP contribution >= 0.6 is 0 Å². The monoisotopic (exact) mass is 224 g/mol. The second-order valence-electron chi connectivity index (χ2n) is 3.85. The normalized spacial score (nSPS) is 20.1. The van der Waals surface area contributed by atoms with Crippen molar-refractivity contribution in [2.75, 3.05) is 25.6 Å². The number of hydrogen-bond acceptors (Lipinski definition) is 4. The second kappa shape index (κ2) is 5.14. The van der Waals surface area contributed by atoms with Crippen molar-refractivity contribution in [2.24, 2.45) is 0 Å². The molecule has 5 heteroatoms. The Hall–Kier alpha value is -1.33. The minimum atomic E-state index is -0.0551. The molecule has 1 atom stereocenters. The minimum Gasteiger partial charge on any atom is -0.398 e. The first-order valence-corrected chi connectivity index (χ1v) is 5.41. The topological polar surface area (TPSA) is 66.5 Å². The number of anilines is 1. The molecule has 1 saturated heterocycles. The molecule has 1 aromatic heterocycles. The van der Waals surface area contributed by atoms with Gasteiger partial charge in [0.1, 0.15) is 0 Å². The quantitative estimate of drug-likeness (QED) is 0.795. The summed E-state index contributed by atoms with van der Waals surface area (Å²) in [6, 6.07) is 3.07. The van der Waals surface area contributed by atoms with E-state index in [1.165, 1.54) is 6.07 Å². The molecule has 16 heavy (non-hydrogen) atoms. The van der Waals surface area contributed by atoms with Gasteiger partial charge in [0.2, 0.25) is 0 Å². The Morgan fingerprint density at radius 3 is 3.19 bits per heavy atom. The fraction of sp³-hybridized carbons (Fsp3) is 0.545. The summed E-state index contributed by atoms with van der Waals surface area (Å²) in [7, 11) is 0. The molecule has 0 radical (unpaired) electrons. The van der Waals surface area contributed by atoms with Crippen molar-refractivity contribution in [3.8, 4) is 0 Å². The summed E-state index contributed by atoms with van der Waals surface area (Å²) in [4.78, 5) is 11.4. The van der Waals surface area contributed by atoms with Gasteiger partial charge in [-0.25, -0.2) is 0 Å². The van der Waals surface area contributed by atoms with Crippen LogP contribution in [0, 0.1) is 0 Å². The number of rotatable bonds is 4. The van der Waals surface area contributed by atoms with Crippen LogP contribution in [0.25, 0.3) is 0 Å². The van der Waals surface area contributed by atoms with Crippen molar-refractivity contribution in [1.82, 2.24) is 4.57 Å². The molecule has 0 amide bonds. The average molecular weight is 224 g/mol. The number of ether oxygens (including phenoxy) is 2. The smallest absolute Gasteiger partial charge is 0.250 e. The molecule has 0 bridgehead atoms. The Morgan fingerprint density at radius 2 is 2.44 bits per heavy atom. The van der Waals surface area contributed by atoms with Gasteiger partial charge < -0.3 is 19.8 Å². The lowest BCUT2D eigenvalue weighted by Crippen LogP contribution is -2.23. The molecule has 1 fully saturated rings. The molecule has 0 aromatic carbocycles. The molecular formula is C11H16N2O3. The lowest BCUT2D eigenvalue weighted by atomic mass is 10.3. The molecule has 2 rings (SSSR count). The highest BCUT2D eigenvalue weighted by atomic mass is 16.5. The Labute approximate surface area is 93.8 Å². The van der Waals surface area contributed by atoms with Crippen LogP contribution in [0.4, 0.5) is 5.69 Å². The highest BCUT2D eigenvalue weighted by Gasteiger charge is 2.15. The number of nitrogens with zero attached hydrogens (tertiary/aromatic N) is 1.